The third kappa shape index (κ3) is 3.66. The lowest BCUT2D eigenvalue weighted by atomic mass is 10.3. The Morgan fingerprint density at radius 1 is 1.22 bits per heavy atom. The Balaban J connectivity index is 2.74. The van der Waals surface area contributed by atoms with Gasteiger partial charge in [-0.25, -0.2) is 26.7 Å². The lowest BCUT2D eigenvalue weighted by Crippen LogP contribution is -2.38. The largest absolute Gasteiger partial charge is 0.332 e. The van der Waals surface area contributed by atoms with E-state index < -0.39 is 32.9 Å². The molecule has 0 aliphatic carbocycles. The van der Waals surface area contributed by atoms with Crippen molar-refractivity contribution >= 4 is 21.7 Å². The molecule has 0 fully saturated rings. The van der Waals surface area contributed by atoms with E-state index in [0.717, 1.165) is 18.2 Å². The zero-order valence-corrected chi connectivity index (χ0v) is 10.5. The van der Waals surface area contributed by atoms with Gasteiger partial charge in [0.2, 0.25) is 10.0 Å². The van der Waals surface area contributed by atoms with Gasteiger partial charge in [0.1, 0.15) is 0 Å². The highest BCUT2D eigenvalue weighted by atomic mass is 32.2. The summed E-state index contributed by atoms with van der Waals surface area (Å²) in [4.78, 5) is 11.3. The van der Waals surface area contributed by atoms with Gasteiger partial charge in [-0.15, -0.1) is 0 Å². The van der Waals surface area contributed by atoms with Crippen LogP contribution >= 0.6 is 0 Å². The van der Waals surface area contributed by atoms with Crippen LogP contribution in [-0.2, 0) is 10.0 Å². The summed E-state index contributed by atoms with van der Waals surface area (Å²) in [5.41, 5.74) is -0.0506. The van der Waals surface area contributed by atoms with Crippen LogP contribution in [0.25, 0.3) is 0 Å². The monoisotopic (exact) mass is 278 g/mol. The molecule has 18 heavy (non-hydrogen) atoms. The van der Waals surface area contributed by atoms with Gasteiger partial charge in [0.25, 0.3) is 0 Å². The maximum Gasteiger partial charge on any atom is 0.332 e. The van der Waals surface area contributed by atoms with E-state index in [1.165, 1.54) is 13.8 Å². The van der Waals surface area contributed by atoms with Crippen LogP contribution in [0.5, 0.6) is 0 Å². The van der Waals surface area contributed by atoms with Crippen LogP contribution in [0.1, 0.15) is 13.8 Å². The van der Waals surface area contributed by atoms with E-state index in [-0.39, 0.29) is 5.69 Å². The van der Waals surface area contributed by atoms with Crippen LogP contribution in [0.4, 0.5) is 19.3 Å². The molecule has 100 valence electrons. The molecule has 0 aromatic heterocycles. The predicted octanol–water partition coefficient (Wildman–Crippen LogP) is 1.82. The van der Waals surface area contributed by atoms with Crippen LogP contribution < -0.4 is 10.0 Å². The van der Waals surface area contributed by atoms with Gasteiger partial charge in [-0.3, -0.25) is 0 Å². The first-order valence-corrected chi connectivity index (χ1v) is 6.54. The summed E-state index contributed by atoms with van der Waals surface area (Å²) >= 11 is 0. The Hall–Kier alpha value is -1.70. The Morgan fingerprint density at radius 2 is 1.83 bits per heavy atom. The minimum Gasteiger partial charge on any atom is -0.307 e. The molecule has 0 spiro atoms. The maximum atomic E-state index is 12.8. The van der Waals surface area contributed by atoms with E-state index in [2.05, 4.69) is 5.32 Å². The summed E-state index contributed by atoms with van der Waals surface area (Å²) in [5, 5.41) is 1.30. The highest BCUT2D eigenvalue weighted by Gasteiger charge is 2.19. The highest BCUT2D eigenvalue weighted by molar-refractivity contribution is 7.90. The molecule has 0 atom stereocenters. The molecule has 2 N–H and O–H groups in total. The van der Waals surface area contributed by atoms with Crippen molar-refractivity contribution in [2.24, 2.45) is 0 Å². The molecule has 0 saturated carbocycles. The Morgan fingerprint density at radius 3 is 2.33 bits per heavy atom. The fourth-order valence-corrected chi connectivity index (χ4v) is 1.52. The second kappa shape index (κ2) is 5.30. The third-order valence-corrected chi connectivity index (χ3v) is 3.74. The highest BCUT2D eigenvalue weighted by Crippen LogP contribution is 2.13. The molecule has 1 rings (SSSR count). The van der Waals surface area contributed by atoms with Gasteiger partial charge < -0.3 is 5.32 Å². The van der Waals surface area contributed by atoms with Crippen molar-refractivity contribution in [1.82, 2.24) is 4.72 Å². The van der Waals surface area contributed by atoms with Gasteiger partial charge in [-0.1, -0.05) is 0 Å². The lowest BCUT2D eigenvalue weighted by molar-refractivity contribution is 0.256. The fraction of sp³-hybridized carbons (Fsp3) is 0.300. The van der Waals surface area contributed by atoms with Crippen molar-refractivity contribution in [3.63, 3.8) is 0 Å². The standard InChI is InChI=1S/C10H12F2N2O3S/c1-6(2)18(16,17)14-10(15)13-7-3-4-8(11)9(12)5-7/h3-6H,1-2H3,(H2,13,14,15). The predicted molar refractivity (Wildman–Crippen MR) is 62.6 cm³/mol. The van der Waals surface area contributed by atoms with Crippen LogP contribution in [-0.4, -0.2) is 19.7 Å². The van der Waals surface area contributed by atoms with Gasteiger partial charge in [0.05, 0.1) is 5.25 Å². The number of hydrogen-bond donors (Lipinski definition) is 2. The number of sulfonamides is 1. The number of urea groups is 1. The number of carbonyl (C=O) groups is 1. The second-order valence-corrected chi connectivity index (χ2v) is 6.02. The summed E-state index contributed by atoms with van der Waals surface area (Å²) in [6, 6.07) is 1.65. The molecular weight excluding hydrogens is 266 g/mol. The molecule has 8 heteroatoms. The van der Waals surface area contributed by atoms with E-state index in [9.17, 15) is 22.0 Å². The first kappa shape index (κ1) is 14.4. The number of benzene rings is 1. The minimum absolute atomic E-state index is 0.0506. The zero-order valence-electron chi connectivity index (χ0n) is 9.70. The number of anilines is 1. The number of rotatable bonds is 3. The average Bonchev–Trinajstić information content (AvgIpc) is 2.22. The van der Waals surface area contributed by atoms with Crippen molar-refractivity contribution in [3.05, 3.63) is 29.8 Å². The van der Waals surface area contributed by atoms with Crippen LogP contribution in [0.3, 0.4) is 0 Å². The molecule has 0 heterocycles. The van der Waals surface area contributed by atoms with E-state index >= 15 is 0 Å². The molecule has 0 aliphatic rings. The zero-order chi connectivity index (χ0) is 13.9. The number of nitrogens with one attached hydrogen (secondary N) is 2. The molecule has 5 nitrogen and oxygen atoms in total. The van der Waals surface area contributed by atoms with Crippen molar-refractivity contribution < 1.29 is 22.0 Å². The number of hydrogen-bond acceptors (Lipinski definition) is 3. The molecule has 2 amide bonds. The SMILES string of the molecule is CC(C)S(=O)(=O)NC(=O)Nc1ccc(F)c(F)c1. The average molecular weight is 278 g/mol. The molecule has 1 aromatic rings. The fourth-order valence-electron chi connectivity index (χ4n) is 0.978. The summed E-state index contributed by atoms with van der Waals surface area (Å²) in [7, 11) is -3.77. The van der Waals surface area contributed by atoms with Gasteiger partial charge >= 0.3 is 6.03 Å². The lowest BCUT2D eigenvalue weighted by Gasteiger charge is -2.10. The van der Waals surface area contributed by atoms with Crippen LogP contribution in [0, 0.1) is 11.6 Å². The molecule has 1 aromatic carbocycles. The number of halogens is 2. The van der Waals surface area contributed by atoms with Crippen LogP contribution in [0.2, 0.25) is 0 Å². The quantitative estimate of drug-likeness (QED) is 0.885. The van der Waals surface area contributed by atoms with Crippen molar-refractivity contribution in [2.75, 3.05) is 5.32 Å². The molecule has 0 radical (unpaired) electrons. The van der Waals surface area contributed by atoms with Crippen molar-refractivity contribution in [2.45, 2.75) is 19.1 Å². The Bertz CT molecular complexity index is 558. The number of carbonyl (C=O) groups excluding carboxylic acids is 1. The minimum atomic E-state index is -3.77. The summed E-state index contributed by atoms with van der Waals surface area (Å²) in [5.74, 6) is -2.20. The van der Waals surface area contributed by atoms with E-state index in [0.29, 0.717) is 0 Å². The molecule has 0 saturated heterocycles. The smallest absolute Gasteiger partial charge is 0.307 e. The van der Waals surface area contributed by atoms with Gasteiger partial charge in [0.15, 0.2) is 11.6 Å². The second-order valence-electron chi connectivity index (χ2n) is 3.78. The molecule has 0 aliphatic heterocycles. The summed E-state index contributed by atoms with van der Waals surface area (Å²) < 4.78 is 49.9. The molecule has 0 unspecified atom stereocenters. The van der Waals surface area contributed by atoms with Gasteiger partial charge in [0, 0.05) is 11.8 Å². The van der Waals surface area contributed by atoms with E-state index in [1.807, 2.05) is 0 Å². The maximum absolute atomic E-state index is 12.8. The van der Waals surface area contributed by atoms with E-state index in [4.69, 9.17) is 0 Å². The number of amides is 2. The third-order valence-electron chi connectivity index (χ3n) is 2.03. The van der Waals surface area contributed by atoms with Crippen molar-refractivity contribution in [1.29, 1.82) is 0 Å². The molecule has 0 bridgehead atoms. The van der Waals surface area contributed by atoms with Crippen molar-refractivity contribution in [3.8, 4) is 0 Å². The Kier molecular flexibility index (Phi) is 4.23. The molecular formula is C10H12F2N2O3S. The van der Waals surface area contributed by atoms with Gasteiger partial charge in [-0.2, -0.15) is 0 Å². The topological polar surface area (TPSA) is 75.3 Å². The van der Waals surface area contributed by atoms with Gasteiger partial charge in [-0.05, 0) is 26.0 Å². The summed E-state index contributed by atoms with van der Waals surface area (Å²) in [6.07, 6.45) is 0. The van der Waals surface area contributed by atoms with Crippen LogP contribution in [0.15, 0.2) is 18.2 Å². The Labute approximate surface area is 103 Å². The normalized spacial score (nSPS) is 11.4. The summed E-state index contributed by atoms with van der Waals surface area (Å²) in [6.45, 7) is 2.79. The first-order valence-electron chi connectivity index (χ1n) is 5.00. The first-order chi connectivity index (χ1) is 8.22. The van der Waals surface area contributed by atoms with E-state index in [1.54, 1.807) is 4.72 Å².